The number of fused-ring (bicyclic) bond motifs is 1. The first-order valence-electron chi connectivity index (χ1n) is 14.8. The maximum atomic E-state index is 13.2. The highest BCUT2D eigenvalue weighted by Gasteiger charge is 2.61. The molecule has 7 nitrogen and oxygen atoms in total. The van der Waals surface area contributed by atoms with E-state index in [1.807, 2.05) is 56.0 Å². The van der Waals surface area contributed by atoms with Gasteiger partial charge in [-0.1, -0.05) is 102 Å². The molecule has 2 aromatic carbocycles. The molecular weight excluding hydrogens is 557 g/mol. The molecule has 0 aromatic heterocycles. The Morgan fingerprint density at radius 1 is 0.977 bits per heavy atom. The monoisotopic (exact) mass is 602 g/mol. The maximum absolute atomic E-state index is 13.2. The van der Waals surface area contributed by atoms with Crippen molar-refractivity contribution in [3.05, 3.63) is 89.5 Å². The summed E-state index contributed by atoms with van der Waals surface area (Å²) in [7, 11) is 0. The number of carbonyl (C=O) groups is 3. The fourth-order valence-electron chi connectivity index (χ4n) is 4.44. The summed E-state index contributed by atoms with van der Waals surface area (Å²) in [5.41, 5.74) is 4.41. The number of halogens is 3. The molecule has 0 saturated carbocycles. The minimum absolute atomic E-state index is 0.116. The molecule has 4 atom stereocenters. The van der Waals surface area contributed by atoms with Gasteiger partial charge in [0.15, 0.2) is 0 Å². The molecule has 10 heteroatoms. The second kappa shape index (κ2) is 18.7. The highest BCUT2D eigenvalue weighted by atomic mass is 19.4. The predicted molar refractivity (Wildman–Crippen MR) is 165 cm³/mol. The summed E-state index contributed by atoms with van der Waals surface area (Å²) in [4.78, 5) is 34.4. The molecule has 0 bridgehead atoms. The molecule has 2 fully saturated rings. The van der Waals surface area contributed by atoms with E-state index in [4.69, 9.17) is 0 Å². The number of hydrazine groups is 2. The van der Waals surface area contributed by atoms with Gasteiger partial charge in [0.05, 0.1) is 23.2 Å². The lowest BCUT2D eigenvalue weighted by Gasteiger charge is -2.40. The fourth-order valence-corrected chi connectivity index (χ4v) is 4.44. The molecule has 4 rings (SSSR count). The number of nitrogens with one attached hydrogen (secondary N) is 1. The lowest BCUT2D eigenvalue weighted by atomic mass is 9.89. The van der Waals surface area contributed by atoms with Gasteiger partial charge in [0.1, 0.15) is 6.17 Å². The first-order valence-corrected chi connectivity index (χ1v) is 14.8. The number of carbonyl (C=O) groups excluding carboxylic acids is 3. The van der Waals surface area contributed by atoms with Crippen LogP contribution in [0.25, 0.3) is 0 Å². The average Bonchev–Trinajstić information content (AvgIpc) is 3.72. The molecule has 2 aliphatic heterocycles. The number of anilines is 1. The van der Waals surface area contributed by atoms with Crippen molar-refractivity contribution in [2.75, 3.05) is 4.90 Å². The molecule has 2 aliphatic rings. The maximum Gasteiger partial charge on any atom is 0.416 e. The lowest BCUT2D eigenvalue weighted by molar-refractivity contribution is -0.160. The second-order valence-corrected chi connectivity index (χ2v) is 9.15. The fraction of sp³-hybridized carbons (Fsp3) is 0.424. The van der Waals surface area contributed by atoms with E-state index < -0.39 is 11.7 Å². The highest BCUT2D eigenvalue weighted by Crippen LogP contribution is 2.39. The van der Waals surface area contributed by atoms with Crippen molar-refractivity contribution >= 4 is 24.4 Å². The van der Waals surface area contributed by atoms with Crippen LogP contribution in [0.4, 0.5) is 18.9 Å². The molecule has 2 saturated heterocycles. The molecule has 0 spiro atoms. The zero-order valence-electron chi connectivity index (χ0n) is 26.1. The number of allylic oxidation sites excluding steroid dienone is 3. The van der Waals surface area contributed by atoms with Gasteiger partial charge < -0.3 is 0 Å². The minimum Gasteiger partial charge on any atom is -0.278 e. The van der Waals surface area contributed by atoms with Gasteiger partial charge in [0.25, 0.3) is 0 Å². The van der Waals surface area contributed by atoms with E-state index in [9.17, 15) is 27.6 Å². The van der Waals surface area contributed by atoms with E-state index in [-0.39, 0.29) is 36.4 Å². The van der Waals surface area contributed by atoms with E-state index >= 15 is 0 Å². The minimum atomic E-state index is -4.49. The van der Waals surface area contributed by atoms with Gasteiger partial charge in [-0.25, -0.2) is 5.43 Å². The van der Waals surface area contributed by atoms with Crippen molar-refractivity contribution < 1.29 is 27.6 Å². The largest absolute Gasteiger partial charge is 0.416 e. The molecular formula is C33H45F3N4O3. The molecule has 2 aromatic rings. The summed E-state index contributed by atoms with van der Waals surface area (Å²) in [5.74, 6) is -0.0406. The average molecular weight is 603 g/mol. The zero-order chi connectivity index (χ0) is 32.6. The van der Waals surface area contributed by atoms with Crippen LogP contribution < -0.4 is 10.3 Å². The van der Waals surface area contributed by atoms with Gasteiger partial charge in [-0.05, 0) is 49.9 Å². The van der Waals surface area contributed by atoms with Crippen molar-refractivity contribution in [2.45, 2.75) is 92.0 Å². The van der Waals surface area contributed by atoms with Crippen molar-refractivity contribution in [1.29, 1.82) is 0 Å². The quantitative estimate of drug-likeness (QED) is 0.172. The molecule has 1 N–H and O–H groups in total. The standard InChI is InChI=1S/C20H27N3O.C9H6F3NO2.2C2H6/c1-4-6-7-9-12-15(3)18(16-13-10-8-11-14-16)20(24)22-17(5-2)19-21-23(19)22;10-9(11,12)7-2-1-3-8(4-7)13(5-14)6-15;2*1-2/h6-8,10-14,17-19,21H,4-5,9H2,1-3H3;1-6H;2*1-2H3/b7-6-,15-12+;;;. The Morgan fingerprint density at radius 2 is 1.60 bits per heavy atom. The summed E-state index contributed by atoms with van der Waals surface area (Å²) >= 11 is 0. The molecule has 0 aliphatic carbocycles. The number of benzene rings is 2. The highest BCUT2D eigenvalue weighted by molar-refractivity contribution is 5.95. The van der Waals surface area contributed by atoms with Gasteiger partial charge in [0, 0.05) is 0 Å². The van der Waals surface area contributed by atoms with Crippen LogP contribution in [0.5, 0.6) is 0 Å². The lowest BCUT2D eigenvalue weighted by Crippen LogP contribution is -2.58. The van der Waals surface area contributed by atoms with Gasteiger partial charge >= 0.3 is 6.18 Å². The van der Waals surface area contributed by atoms with Crippen LogP contribution in [-0.2, 0) is 20.6 Å². The van der Waals surface area contributed by atoms with Crippen molar-refractivity contribution in [3.63, 3.8) is 0 Å². The Balaban J connectivity index is 0.000000420. The van der Waals surface area contributed by atoms with Gasteiger partial charge in [-0.15, -0.1) is 5.12 Å². The number of hydrogen-bond acceptors (Lipinski definition) is 5. The van der Waals surface area contributed by atoms with Crippen molar-refractivity contribution in [3.8, 4) is 0 Å². The summed E-state index contributed by atoms with van der Waals surface area (Å²) in [6.45, 7) is 14.3. The van der Waals surface area contributed by atoms with E-state index in [0.717, 1.165) is 48.6 Å². The van der Waals surface area contributed by atoms with Crippen molar-refractivity contribution in [1.82, 2.24) is 15.6 Å². The number of amides is 3. The normalized spacial score (nSPS) is 19.1. The van der Waals surface area contributed by atoms with Crippen LogP contribution in [0.1, 0.15) is 84.8 Å². The Bertz CT molecular complexity index is 1190. The first kappa shape index (κ1) is 37.3. The zero-order valence-corrected chi connectivity index (χ0v) is 26.1. The number of rotatable bonds is 10. The summed E-state index contributed by atoms with van der Waals surface area (Å²) in [5, 5.41) is 3.86. The third-order valence-electron chi connectivity index (χ3n) is 6.53. The Morgan fingerprint density at radius 3 is 2.14 bits per heavy atom. The van der Waals surface area contributed by atoms with Crippen LogP contribution >= 0.6 is 0 Å². The van der Waals surface area contributed by atoms with E-state index in [1.165, 1.54) is 6.07 Å². The van der Waals surface area contributed by atoms with E-state index in [0.29, 0.717) is 11.1 Å². The smallest absolute Gasteiger partial charge is 0.278 e. The van der Waals surface area contributed by atoms with Gasteiger partial charge in [-0.2, -0.15) is 13.2 Å². The molecule has 236 valence electrons. The number of nitrogens with zero attached hydrogens (tertiary/aromatic N) is 3. The van der Waals surface area contributed by atoms with E-state index in [2.05, 4.69) is 56.6 Å². The van der Waals surface area contributed by atoms with Crippen LogP contribution in [0.15, 0.2) is 78.4 Å². The van der Waals surface area contributed by atoms with Crippen LogP contribution in [-0.4, -0.2) is 41.1 Å². The topological polar surface area (TPSA) is 82.6 Å². The summed E-state index contributed by atoms with van der Waals surface area (Å²) < 4.78 is 36.7. The van der Waals surface area contributed by atoms with Crippen LogP contribution in [0, 0.1) is 0 Å². The second-order valence-electron chi connectivity index (χ2n) is 9.15. The van der Waals surface area contributed by atoms with Gasteiger partial charge in [-0.3, -0.25) is 24.3 Å². The molecule has 3 amide bonds. The van der Waals surface area contributed by atoms with Crippen LogP contribution in [0.3, 0.4) is 0 Å². The number of imide groups is 1. The number of hydrogen-bond donors (Lipinski definition) is 1. The Kier molecular flexibility index (Phi) is 16.2. The Labute approximate surface area is 254 Å². The predicted octanol–water partition coefficient (Wildman–Crippen LogP) is 7.63. The molecule has 43 heavy (non-hydrogen) atoms. The molecule has 2 heterocycles. The van der Waals surface area contributed by atoms with Gasteiger partial charge in [0.2, 0.25) is 18.7 Å². The Hall–Kier alpha value is -3.76. The third kappa shape index (κ3) is 10.2. The SMILES string of the molecule is CC.CC.CC/C=C\C/C=C(\C)C(C(=O)N1C(CC)C2NN21)c1ccccc1.O=CN(C=O)c1cccc(C(F)(F)F)c1. The number of alkyl halides is 3. The molecule has 4 unspecified atom stereocenters. The first-order chi connectivity index (χ1) is 20.7. The molecule has 0 radical (unpaired) electrons. The van der Waals surface area contributed by atoms with Crippen molar-refractivity contribution in [2.24, 2.45) is 0 Å². The third-order valence-corrected chi connectivity index (χ3v) is 6.53. The van der Waals surface area contributed by atoms with E-state index in [1.54, 1.807) is 0 Å². The van der Waals surface area contributed by atoms with Crippen LogP contribution in [0.2, 0.25) is 0 Å². The summed E-state index contributed by atoms with van der Waals surface area (Å²) in [6, 6.07) is 14.3. The summed E-state index contributed by atoms with van der Waals surface area (Å²) in [6.07, 6.45) is 5.55.